The Hall–Kier alpha value is 1.79. The predicted octanol–water partition coefficient (Wildman–Crippen LogP) is 5.24. The van der Waals surface area contributed by atoms with Crippen LogP contribution in [0.4, 0.5) is 0 Å². The van der Waals surface area contributed by atoms with E-state index in [4.69, 9.17) is 0 Å². The van der Waals surface area contributed by atoms with Gasteiger partial charge in [-0.3, -0.25) is 0 Å². The fourth-order valence-corrected chi connectivity index (χ4v) is 79.2. The van der Waals surface area contributed by atoms with Gasteiger partial charge in [0.05, 0.1) is 0 Å². The first kappa shape index (κ1) is 20.8. The fraction of sp³-hybridized carbons (Fsp3) is 1.00. The SMILES string of the molecule is C[Si](C)(C)[CH]([PbH2][CH]([Si](C)(C)C)[Si](C)(C)C)[Si](C)(C)C. The van der Waals surface area contributed by atoms with Crippen molar-refractivity contribution in [1.29, 1.82) is 0 Å². The summed E-state index contributed by atoms with van der Waals surface area (Å²) in [6.45, 7) is 32.0. The van der Waals surface area contributed by atoms with E-state index in [9.17, 15) is 0 Å². The second-order valence-corrected chi connectivity index (χ2v) is 54.6. The summed E-state index contributed by atoms with van der Waals surface area (Å²) in [5, 5.41) is 0. The summed E-state index contributed by atoms with van der Waals surface area (Å²) in [7, 11) is -3.75. The van der Waals surface area contributed by atoms with Gasteiger partial charge in [-0.15, -0.1) is 0 Å². The van der Waals surface area contributed by atoms with Crippen molar-refractivity contribution in [3.05, 3.63) is 0 Å². The molecule has 0 aromatic heterocycles. The van der Waals surface area contributed by atoms with Crippen LogP contribution in [0.1, 0.15) is 0 Å². The van der Waals surface area contributed by atoms with Crippen molar-refractivity contribution in [2.45, 2.75) is 84.0 Å². The van der Waals surface area contributed by atoms with E-state index in [2.05, 4.69) is 78.6 Å². The molecule has 0 nitrogen and oxygen atoms in total. The van der Waals surface area contributed by atoms with Gasteiger partial charge in [-0.1, -0.05) is 0 Å². The van der Waals surface area contributed by atoms with E-state index in [1.165, 1.54) is 5.45 Å². The molecule has 0 unspecified atom stereocenters. The van der Waals surface area contributed by atoms with Crippen molar-refractivity contribution in [2.75, 3.05) is 0 Å². The maximum absolute atomic E-state index is 2.67. The van der Waals surface area contributed by atoms with Gasteiger partial charge in [-0.25, -0.2) is 0 Å². The average Bonchev–Trinajstić information content (AvgIpc) is 1.91. The van der Waals surface area contributed by atoms with Crippen molar-refractivity contribution in [2.24, 2.45) is 0 Å². The first-order valence-corrected chi connectivity index (χ1v) is 28.6. The summed E-state index contributed by atoms with van der Waals surface area (Å²) >= 11 is -0.829. The molecule has 0 fully saturated rings. The third kappa shape index (κ3) is 7.06. The van der Waals surface area contributed by atoms with Crippen LogP contribution in [0.15, 0.2) is 0 Å². The van der Waals surface area contributed by atoms with E-state index in [0.29, 0.717) is 0 Å². The van der Waals surface area contributed by atoms with Crippen LogP contribution in [0.3, 0.4) is 0 Å². The molecule has 0 aliphatic heterocycles. The molecule has 0 aliphatic carbocycles. The van der Waals surface area contributed by atoms with Gasteiger partial charge >= 0.3 is 141 Å². The topological polar surface area (TPSA) is 0 Å². The van der Waals surface area contributed by atoms with Gasteiger partial charge in [0.15, 0.2) is 0 Å². The van der Waals surface area contributed by atoms with Crippen LogP contribution in [0.5, 0.6) is 0 Å². The molecule has 0 spiro atoms. The molecule has 0 rings (SSSR count). The summed E-state index contributed by atoms with van der Waals surface area (Å²) in [6, 6.07) is 0. The van der Waals surface area contributed by atoms with Gasteiger partial charge in [0.25, 0.3) is 0 Å². The quantitative estimate of drug-likeness (QED) is 0.414. The number of rotatable bonds is 6. The molecule has 0 amide bonds. The van der Waals surface area contributed by atoms with Crippen LogP contribution in [0.2, 0.25) is 84.0 Å². The van der Waals surface area contributed by atoms with Crippen LogP contribution in [0.25, 0.3) is 0 Å². The van der Waals surface area contributed by atoms with Crippen molar-refractivity contribution in [3.8, 4) is 0 Å². The Kier molecular flexibility index (Phi) is 7.11. The molecule has 5 heteroatoms. The van der Waals surface area contributed by atoms with Crippen molar-refractivity contribution in [3.63, 3.8) is 0 Å². The minimum atomic E-state index is -0.938. The van der Waals surface area contributed by atoms with Crippen LogP contribution in [-0.2, 0) is 0 Å². The number of hydrogen-bond acceptors (Lipinski definition) is 0. The van der Waals surface area contributed by atoms with Gasteiger partial charge in [0.1, 0.15) is 0 Å². The summed E-state index contributed by atoms with van der Waals surface area (Å²) in [4.78, 5) is 0. The first-order chi connectivity index (χ1) is 7.97. The third-order valence-corrected chi connectivity index (χ3v) is 92.5. The summed E-state index contributed by atoms with van der Waals surface area (Å²) < 4.78 is 2.62. The second-order valence-electron chi connectivity index (χ2n) is 10.8. The molecule has 0 aromatic carbocycles. The molecule has 0 heterocycles. The van der Waals surface area contributed by atoms with Crippen molar-refractivity contribution in [1.82, 2.24) is 0 Å². The molecule has 116 valence electrons. The Morgan fingerprint density at radius 1 is 0.421 bits per heavy atom. The molecular formula is C14H40PbSi4. The van der Waals surface area contributed by atoms with Crippen LogP contribution < -0.4 is 0 Å². The molecule has 0 N–H and O–H groups in total. The molecule has 0 aromatic rings. The van der Waals surface area contributed by atoms with Gasteiger partial charge in [0, 0.05) is 0 Å². The van der Waals surface area contributed by atoms with E-state index < -0.39 is 56.5 Å². The molecule has 0 aliphatic rings. The van der Waals surface area contributed by atoms with Crippen molar-refractivity contribution >= 4 is 56.5 Å². The standard InChI is InChI=1S/2C7H19Si2.Pb.2H/c2*1-8(2,3)7-9(4,5)6;;;/h2*7H,1-6H3;;;. The van der Waals surface area contributed by atoms with Gasteiger partial charge in [0.2, 0.25) is 0 Å². The van der Waals surface area contributed by atoms with Crippen LogP contribution in [-0.4, -0.2) is 56.5 Å². The summed E-state index contributed by atoms with van der Waals surface area (Å²) in [5.74, 6) is 0. The zero-order chi connectivity index (χ0) is 15.9. The van der Waals surface area contributed by atoms with Crippen LogP contribution in [0, 0.1) is 0 Å². The Morgan fingerprint density at radius 3 is 0.684 bits per heavy atom. The predicted molar refractivity (Wildman–Crippen MR) is 109 cm³/mol. The van der Waals surface area contributed by atoms with E-state index in [1.807, 2.05) is 0 Å². The van der Waals surface area contributed by atoms with Gasteiger partial charge in [-0.2, -0.15) is 0 Å². The molecule has 0 radical (unpaired) electrons. The van der Waals surface area contributed by atoms with E-state index >= 15 is 0 Å². The zero-order valence-electron chi connectivity index (χ0n) is 15.9. The Balaban J connectivity index is 5.43. The maximum atomic E-state index is 2.67. The molecule has 0 bridgehead atoms. The van der Waals surface area contributed by atoms with Gasteiger partial charge in [-0.05, 0) is 0 Å². The van der Waals surface area contributed by atoms with Gasteiger partial charge < -0.3 is 0 Å². The third-order valence-electron chi connectivity index (χ3n) is 4.65. The normalized spacial score (nSPS) is 15.5. The molecule has 0 saturated heterocycles. The fourth-order valence-electron chi connectivity index (χ4n) is 4.25. The number of hydrogen-bond donors (Lipinski definition) is 0. The first-order valence-electron chi connectivity index (χ1n) is 7.97. The second kappa shape index (κ2) is 6.50. The molecule has 0 atom stereocenters. The van der Waals surface area contributed by atoms with E-state index in [0.717, 1.165) is 0 Å². The molecule has 0 saturated carbocycles. The Morgan fingerprint density at radius 2 is 0.579 bits per heavy atom. The minimum absolute atomic E-state index is 0.829. The summed E-state index contributed by atoms with van der Waals surface area (Å²) in [5.41, 5.74) is 0. The van der Waals surface area contributed by atoms with Crippen LogP contribution >= 0.6 is 0 Å². The monoisotopic (exact) mass is 528 g/mol. The van der Waals surface area contributed by atoms with E-state index in [1.54, 1.807) is 0 Å². The van der Waals surface area contributed by atoms with E-state index in [-0.39, 0.29) is 0 Å². The average molecular weight is 528 g/mol. The Bertz CT molecular complexity index is 231. The Labute approximate surface area is 139 Å². The molecular weight excluding hydrogens is 488 g/mol. The van der Waals surface area contributed by atoms with Crippen molar-refractivity contribution < 1.29 is 0 Å². The summed E-state index contributed by atoms with van der Waals surface area (Å²) in [6.07, 6.45) is 0. The molecule has 19 heavy (non-hydrogen) atoms. The zero-order valence-corrected chi connectivity index (χ0v) is 25.4.